The maximum Gasteiger partial charge on any atom is 0.216 e. The molecule has 1 saturated heterocycles. The van der Waals surface area contributed by atoms with Gasteiger partial charge >= 0.3 is 0 Å². The molecule has 1 fully saturated rings. The van der Waals surface area contributed by atoms with Crippen molar-refractivity contribution in [3.05, 3.63) is 33.8 Å². The van der Waals surface area contributed by atoms with Crippen LogP contribution in [0.5, 0.6) is 0 Å². The van der Waals surface area contributed by atoms with Crippen molar-refractivity contribution >= 4 is 33.2 Å². The van der Waals surface area contributed by atoms with Crippen LogP contribution in [0.15, 0.2) is 18.2 Å². The molecule has 0 aromatic heterocycles. The molecule has 1 aromatic rings. The Bertz CT molecular complexity index is 578. The van der Waals surface area contributed by atoms with Crippen LogP contribution in [0.1, 0.15) is 18.9 Å². The fraction of sp³-hybridized carbons (Fsp3) is 0.538. The molecule has 7 heteroatoms. The molecule has 20 heavy (non-hydrogen) atoms. The third-order valence-electron chi connectivity index (χ3n) is 3.50. The van der Waals surface area contributed by atoms with Gasteiger partial charge in [-0.25, -0.2) is 13.1 Å². The smallest absolute Gasteiger partial charge is 0.216 e. The monoisotopic (exact) mass is 336 g/mol. The first-order valence-corrected chi connectivity index (χ1v) is 8.93. The molecule has 2 N–H and O–H groups in total. The van der Waals surface area contributed by atoms with E-state index in [0.29, 0.717) is 28.1 Å². The van der Waals surface area contributed by atoms with E-state index in [-0.39, 0.29) is 11.8 Å². The van der Waals surface area contributed by atoms with Crippen LogP contribution in [0.2, 0.25) is 10.0 Å². The van der Waals surface area contributed by atoms with Gasteiger partial charge in [-0.2, -0.15) is 0 Å². The summed E-state index contributed by atoms with van der Waals surface area (Å²) in [5.41, 5.74) is 0.628. The van der Waals surface area contributed by atoms with Gasteiger partial charge < -0.3 is 5.32 Å². The molecule has 1 aliphatic rings. The highest BCUT2D eigenvalue weighted by Gasteiger charge is 2.25. The number of nitrogens with one attached hydrogen (secondary N) is 2. The highest BCUT2D eigenvalue weighted by atomic mass is 35.5. The van der Waals surface area contributed by atoms with Crippen LogP contribution in [0.25, 0.3) is 0 Å². The minimum Gasteiger partial charge on any atom is -0.315 e. The van der Waals surface area contributed by atoms with Crippen LogP contribution in [0, 0.1) is 5.92 Å². The van der Waals surface area contributed by atoms with Gasteiger partial charge in [-0.3, -0.25) is 0 Å². The van der Waals surface area contributed by atoms with Crippen molar-refractivity contribution < 1.29 is 8.42 Å². The van der Waals surface area contributed by atoms with Gasteiger partial charge in [0.1, 0.15) is 0 Å². The van der Waals surface area contributed by atoms with E-state index in [1.54, 1.807) is 18.2 Å². The molecule has 2 atom stereocenters. The van der Waals surface area contributed by atoms with E-state index >= 15 is 0 Å². The SMILES string of the molecule is CC1CCNCC1NS(=O)(=O)Cc1ccc(Cl)c(Cl)c1. The second kappa shape index (κ2) is 6.62. The Kier molecular flexibility index (Phi) is 5.31. The lowest BCUT2D eigenvalue weighted by atomic mass is 9.96. The lowest BCUT2D eigenvalue weighted by molar-refractivity contribution is 0.327. The Labute approximate surface area is 129 Å². The van der Waals surface area contributed by atoms with E-state index in [4.69, 9.17) is 23.2 Å². The summed E-state index contributed by atoms with van der Waals surface area (Å²) in [7, 11) is -3.39. The summed E-state index contributed by atoms with van der Waals surface area (Å²) >= 11 is 11.7. The van der Waals surface area contributed by atoms with Crippen LogP contribution < -0.4 is 10.0 Å². The highest BCUT2D eigenvalue weighted by molar-refractivity contribution is 7.88. The Hall–Kier alpha value is -0.330. The van der Waals surface area contributed by atoms with E-state index in [1.807, 2.05) is 0 Å². The summed E-state index contributed by atoms with van der Waals surface area (Å²) in [5, 5.41) is 3.99. The third kappa shape index (κ3) is 4.33. The number of hydrogen-bond donors (Lipinski definition) is 2. The van der Waals surface area contributed by atoms with Crippen molar-refractivity contribution in [3.63, 3.8) is 0 Å². The Morgan fingerprint density at radius 2 is 2.10 bits per heavy atom. The van der Waals surface area contributed by atoms with E-state index < -0.39 is 10.0 Å². The number of rotatable bonds is 4. The molecule has 4 nitrogen and oxygen atoms in total. The molecule has 0 saturated carbocycles. The van der Waals surface area contributed by atoms with Crippen molar-refractivity contribution in [1.82, 2.24) is 10.0 Å². The van der Waals surface area contributed by atoms with Crippen molar-refractivity contribution in [2.45, 2.75) is 25.1 Å². The average Bonchev–Trinajstić information content (AvgIpc) is 2.36. The molecule has 0 radical (unpaired) electrons. The second-order valence-electron chi connectivity index (χ2n) is 5.20. The summed E-state index contributed by atoms with van der Waals surface area (Å²) in [6.07, 6.45) is 0.972. The quantitative estimate of drug-likeness (QED) is 0.887. The maximum atomic E-state index is 12.2. The lowest BCUT2D eigenvalue weighted by Gasteiger charge is -2.30. The number of sulfonamides is 1. The largest absolute Gasteiger partial charge is 0.315 e. The molecule has 0 spiro atoms. The second-order valence-corrected chi connectivity index (χ2v) is 7.77. The van der Waals surface area contributed by atoms with Gasteiger partial charge in [0.2, 0.25) is 10.0 Å². The number of benzene rings is 1. The van der Waals surface area contributed by atoms with Crippen molar-refractivity contribution in [1.29, 1.82) is 0 Å². The van der Waals surface area contributed by atoms with E-state index in [0.717, 1.165) is 13.0 Å². The first-order valence-electron chi connectivity index (χ1n) is 6.52. The van der Waals surface area contributed by atoms with Gasteiger partial charge in [0, 0.05) is 12.6 Å². The topological polar surface area (TPSA) is 58.2 Å². The minimum absolute atomic E-state index is 0.0588. The highest BCUT2D eigenvalue weighted by Crippen LogP contribution is 2.23. The molecular weight excluding hydrogens is 319 g/mol. The normalized spacial score (nSPS) is 23.8. The zero-order valence-electron chi connectivity index (χ0n) is 11.2. The molecule has 0 aliphatic carbocycles. The Balaban J connectivity index is 2.04. The van der Waals surface area contributed by atoms with Crippen LogP contribution in [0.3, 0.4) is 0 Å². The molecule has 1 aliphatic heterocycles. The van der Waals surface area contributed by atoms with Crippen LogP contribution >= 0.6 is 23.2 Å². The molecule has 112 valence electrons. The Morgan fingerprint density at radius 3 is 2.75 bits per heavy atom. The summed E-state index contributed by atoms with van der Waals surface area (Å²) in [4.78, 5) is 0. The molecule has 0 bridgehead atoms. The average molecular weight is 337 g/mol. The van der Waals surface area contributed by atoms with E-state index in [9.17, 15) is 8.42 Å². The molecule has 2 unspecified atom stereocenters. The van der Waals surface area contributed by atoms with Gasteiger partial charge in [0.05, 0.1) is 15.8 Å². The van der Waals surface area contributed by atoms with Crippen molar-refractivity contribution in [2.24, 2.45) is 5.92 Å². The fourth-order valence-electron chi connectivity index (χ4n) is 2.27. The molecule has 2 rings (SSSR count). The number of piperidine rings is 1. The first kappa shape index (κ1) is 16.0. The van der Waals surface area contributed by atoms with Crippen LogP contribution in [-0.2, 0) is 15.8 Å². The summed E-state index contributed by atoms with van der Waals surface area (Å²) in [6, 6.07) is 4.82. The standard InChI is InChI=1S/C13H18Cl2N2O2S/c1-9-4-5-16-7-13(9)17-20(18,19)8-10-2-3-11(14)12(15)6-10/h2-3,6,9,13,16-17H,4-5,7-8H2,1H3. The first-order chi connectivity index (χ1) is 9.37. The number of halogens is 2. The summed E-state index contributed by atoms with van der Waals surface area (Å²) in [6.45, 7) is 3.67. The molecule has 1 aromatic carbocycles. The predicted octanol–water partition coefficient (Wildman–Crippen LogP) is 2.41. The van der Waals surface area contributed by atoms with Crippen molar-refractivity contribution in [2.75, 3.05) is 13.1 Å². The third-order valence-corrected chi connectivity index (χ3v) is 5.61. The maximum absolute atomic E-state index is 12.2. The van der Waals surface area contributed by atoms with Crippen LogP contribution in [0.4, 0.5) is 0 Å². The van der Waals surface area contributed by atoms with E-state index in [1.165, 1.54) is 0 Å². The van der Waals surface area contributed by atoms with Crippen LogP contribution in [-0.4, -0.2) is 27.5 Å². The predicted molar refractivity (Wildman–Crippen MR) is 82.7 cm³/mol. The van der Waals surface area contributed by atoms with Gasteiger partial charge in [0.15, 0.2) is 0 Å². The van der Waals surface area contributed by atoms with Gasteiger partial charge in [-0.15, -0.1) is 0 Å². The zero-order chi connectivity index (χ0) is 14.8. The van der Waals surface area contributed by atoms with Gasteiger partial charge in [-0.05, 0) is 36.6 Å². The molecule has 1 heterocycles. The fourth-order valence-corrected chi connectivity index (χ4v) is 4.07. The summed E-state index contributed by atoms with van der Waals surface area (Å²) < 4.78 is 27.2. The lowest BCUT2D eigenvalue weighted by Crippen LogP contribution is -2.50. The Morgan fingerprint density at radius 1 is 1.35 bits per heavy atom. The zero-order valence-corrected chi connectivity index (χ0v) is 13.5. The van der Waals surface area contributed by atoms with E-state index in [2.05, 4.69) is 17.0 Å². The van der Waals surface area contributed by atoms with Gasteiger partial charge in [-0.1, -0.05) is 36.2 Å². The molecule has 0 amide bonds. The minimum atomic E-state index is -3.39. The van der Waals surface area contributed by atoms with Crippen molar-refractivity contribution in [3.8, 4) is 0 Å². The van der Waals surface area contributed by atoms with Gasteiger partial charge in [0.25, 0.3) is 0 Å². The number of hydrogen-bond acceptors (Lipinski definition) is 3. The molecular formula is C13H18Cl2N2O2S. The summed E-state index contributed by atoms with van der Waals surface area (Å²) in [5.74, 6) is 0.243.